The number of β-amino-alcohol motifs (C(OH)–C–C–N with tert-alkyl or cyclic N) is 2. The van der Waals surface area contributed by atoms with Crippen molar-refractivity contribution < 1.29 is 28.3 Å². The molecule has 2 N–H and O–H groups in total. The van der Waals surface area contributed by atoms with Gasteiger partial charge in [-0.15, -0.1) is 0 Å². The van der Waals surface area contributed by atoms with Crippen LogP contribution < -0.4 is 4.90 Å². The molecule has 0 aliphatic carbocycles. The van der Waals surface area contributed by atoms with E-state index in [9.17, 15) is 33.5 Å². The van der Waals surface area contributed by atoms with Crippen LogP contribution in [-0.2, 0) is 6.18 Å². The van der Waals surface area contributed by atoms with Crippen LogP contribution >= 0.6 is 0 Å². The molecule has 1 saturated heterocycles. The van der Waals surface area contributed by atoms with Crippen molar-refractivity contribution in [3.8, 4) is 0 Å². The average Bonchev–Trinajstić information content (AvgIpc) is 2.67. The molecule has 0 aromatic heterocycles. The highest BCUT2D eigenvalue weighted by atomic mass is 19.4. The molecule has 2 unspecified atom stereocenters. The molecule has 0 spiro atoms. The Bertz CT molecular complexity index is 525. The number of aliphatic hydroxyl groups is 2. The molecule has 2 rings (SSSR count). The van der Waals surface area contributed by atoms with Crippen LogP contribution in [0.25, 0.3) is 0 Å². The van der Waals surface area contributed by atoms with Gasteiger partial charge in [-0.05, 0) is 6.07 Å². The van der Waals surface area contributed by atoms with Crippen LogP contribution in [-0.4, -0.2) is 40.4 Å². The second kappa shape index (κ2) is 4.91. The van der Waals surface area contributed by atoms with Crippen molar-refractivity contribution in [1.82, 2.24) is 0 Å². The Morgan fingerprint density at radius 1 is 1.25 bits per heavy atom. The Kier molecular flexibility index (Phi) is 3.57. The largest absolute Gasteiger partial charge is 0.418 e. The molecule has 9 heteroatoms. The van der Waals surface area contributed by atoms with Gasteiger partial charge in [0.1, 0.15) is 0 Å². The second-order valence-corrected chi connectivity index (χ2v) is 4.50. The van der Waals surface area contributed by atoms with Crippen molar-refractivity contribution in [2.45, 2.75) is 18.4 Å². The van der Waals surface area contributed by atoms with Crippen molar-refractivity contribution in [3.05, 3.63) is 33.9 Å². The van der Waals surface area contributed by atoms with Crippen LogP contribution in [0, 0.1) is 10.1 Å². The molecular weight excluding hydrogens is 281 g/mol. The molecule has 0 saturated carbocycles. The van der Waals surface area contributed by atoms with Gasteiger partial charge in [-0.1, -0.05) is 0 Å². The van der Waals surface area contributed by atoms with E-state index in [1.807, 2.05) is 0 Å². The third-order valence-electron chi connectivity index (χ3n) is 3.10. The third kappa shape index (κ3) is 2.68. The summed E-state index contributed by atoms with van der Waals surface area (Å²) in [6.45, 7) is -0.329. The first kappa shape index (κ1) is 14.5. The number of rotatable bonds is 2. The van der Waals surface area contributed by atoms with E-state index in [1.54, 1.807) is 0 Å². The minimum Gasteiger partial charge on any atom is -0.389 e. The van der Waals surface area contributed by atoms with Gasteiger partial charge in [0.2, 0.25) is 0 Å². The summed E-state index contributed by atoms with van der Waals surface area (Å²) in [7, 11) is 0. The van der Waals surface area contributed by atoms with Gasteiger partial charge in [-0.2, -0.15) is 13.2 Å². The number of nitro benzene ring substituents is 1. The minimum absolute atomic E-state index is 0.165. The molecule has 1 fully saturated rings. The first-order valence-electron chi connectivity index (χ1n) is 5.67. The van der Waals surface area contributed by atoms with Crippen LogP contribution in [0.4, 0.5) is 24.5 Å². The van der Waals surface area contributed by atoms with Gasteiger partial charge in [0.15, 0.2) is 0 Å². The molecule has 110 valence electrons. The molecule has 0 radical (unpaired) electrons. The monoisotopic (exact) mass is 292 g/mol. The number of non-ortho nitro benzene ring substituents is 1. The first-order valence-corrected chi connectivity index (χ1v) is 5.67. The van der Waals surface area contributed by atoms with Crippen LogP contribution in [0.3, 0.4) is 0 Å². The van der Waals surface area contributed by atoms with Crippen LogP contribution in [0.2, 0.25) is 0 Å². The molecule has 20 heavy (non-hydrogen) atoms. The lowest BCUT2D eigenvalue weighted by molar-refractivity contribution is -0.385. The fraction of sp³-hybridized carbons (Fsp3) is 0.455. The Hall–Kier alpha value is -1.87. The number of nitro groups is 1. The average molecular weight is 292 g/mol. The summed E-state index contributed by atoms with van der Waals surface area (Å²) < 4.78 is 38.9. The van der Waals surface area contributed by atoms with Crippen molar-refractivity contribution in [2.24, 2.45) is 0 Å². The predicted molar refractivity (Wildman–Crippen MR) is 62.3 cm³/mol. The van der Waals surface area contributed by atoms with E-state index < -0.39 is 34.6 Å². The van der Waals surface area contributed by atoms with E-state index in [1.165, 1.54) is 0 Å². The number of aliphatic hydroxyl groups excluding tert-OH is 2. The Balaban J connectivity index is 2.45. The number of alkyl halides is 3. The highest BCUT2D eigenvalue weighted by molar-refractivity contribution is 5.60. The van der Waals surface area contributed by atoms with E-state index in [0.717, 1.165) is 17.0 Å². The summed E-state index contributed by atoms with van der Waals surface area (Å²) in [6, 6.07) is 2.39. The Morgan fingerprint density at radius 3 is 2.25 bits per heavy atom. The van der Waals surface area contributed by atoms with Crippen LogP contribution in [0.1, 0.15) is 5.56 Å². The van der Waals surface area contributed by atoms with Gasteiger partial charge < -0.3 is 15.1 Å². The fourth-order valence-electron chi connectivity index (χ4n) is 2.11. The van der Waals surface area contributed by atoms with Gasteiger partial charge in [-0.3, -0.25) is 10.1 Å². The lowest BCUT2D eigenvalue weighted by atomic mass is 10.1. The van der Waals surface area contributed by atoms with Gasteiger partial charge in [-0.25, -0.2) is 0 Å². The van der Waals surface area contributed by atoms with Gasteiger partial charge in [0.05, 0.1) is 22.7 Å². The quantitative estimate of drug-likeness (QED) is 0.631. The summed E-state index contributed by atoms with van der Waals surface area (Å²) in [4.78, 5) is 10.8. The zero-order valence-electron chi connectivity index (χ0n) is 10.0. The third-order valence-corrected chi connectivity index (χ3v) is 3.10. The molecule has 1 aliphatic rings. The normalized spacial score (nSPS) is 23.1. The smallest absolute Gasteiger partial charge is 0.389 e. The lowest BCUT2D eigenvalue weighted by Crippen LogP contribution is -2.24. The summed E-state index contributed by atoms with van der Waals surface area (Å²) in [6.07, 6.45) is -7.06. The number of anilines is 1. The molecule has 1 heterocycles. The Labute approximate surface area is 111 Å². The van der Waals surface area contributed by atoms with E-state index in [4.69, 9.17) is 0 Å². The molecule has 2 atom stereocenters. The number of halogens is 3. The molecule has 1 aromatic rings. The van der Waals surface area contributed by atoms with Gasteiger partial charge >= 0.3 is 6.18 Å². The zero-order chi connectivity index (χ0) is 15.1. The molecular formula is C11H11F3N2O4. The van der Waals surface area contributed by atoms with E-state index in [2.05, 4.69) is 0 Å². The molecule has 1 aliphatic heterocycles. The number of benzene rings is 1. The van der Waals surface area contributed by atoms with E-state index in [-0.39, 0.29) is 18.8 Å². The maximum absolute atomic E-state index is 13.0. The van der Waals surface area contributed by atoms with Crippen molar-refractivity contribution >= 4 is 11.4 Å². The maximum Gasteiger partial charge on any atom is 0.418 e. The highest BCUT2D eigenvalue weighted by Gasteiger charge is 2.39. The predicted octanol–water partition coefficient (Wildman–Crippen LogP) is 1.16. The van der Waals surface area contributed by atoms with E-state index >= 15 is 0 Å². The molecule has 1 aromatic carbocycles. The summed E-state index contributed by atoms with van der Waals surface area (Å²) >= 11 is 0. The lowest BCUT2D eigenvalue weighted by Gasteiger charge is -2.22. The number of hydrogen-bond donors (Lipinski definition) is 2. The molecule has 0 amide bonds. The first-order chi connectivity index (χ1) is 9.20. The number of nitrogens with zero attached hydrogens (tertiary/aromatic N) is 2. The zero-order valence-corrected chi connectivity index (χ0v) is 10.0. The van der Waals surface area contributed by atoms with Crippen LogP contribution in [0.15, 0.2) is 18.2 Å². The Morgan fingerprint density at radius 2 is 1.80 bits per heavy atom. The van der Waals surface area contributed by atoms with Crippen LogP contribution in [0.5, 0.6) is 0 Å². The van der Waals surface area contributed by atoms with E-state index in [0.29, 0.717) is 6.07 Å². The number of hydrogen-bond acceptors (Lipinski definition) is 5. The summed E-state index contributed by atoms with van der Waals surface area (Å²) in [5.74, 6) is 0. The summed E-state index contributed by atoms with van der Waals surface area (Å²) in [5, 5.41) is 29.3. The minimum atomic E-state index is -4.76. The second-order valence-electron chi connectivity index (χ2n) is 4.50. The maximum atomic E-state index is 13.0. The van der Waals surface area contributed by atoms with Crippen molar-refractivity contribution in [3.63, 3.8) is 0 Å². The van der Waals surface area contributed by atoms with Gasteiger partial charge in [0, 0.05) is 30.9 Å². The summed E-state index contributed by atoms with van der Waals surface area (Å²) in [5.41, 5.74) is -2.12. The molecule has 6 nitrogen and oxygen atoms in total. The molecule has 0 bridgehead atoms. The van der Waals surface area contributed by atoms with Gasteiger partial charge in [0.25, 0.3) is 5.69 Å². The van der Waals surface area contributed by atoms with Crippen molar-refractivity contribution in [1.29, 1.82) is 0 Å². The SMILES string of the molecule is O=[N+]([O-])c1ccc(N2CC(O)C(O)C2)c(C(F)(F)F)c1. The fourth-order valence-corrected chi connectivity index (χ4v) is 2.11. The standard InChI is InChI=1S/C11H11F3N2O4/c12-11(13,14)7-3-6(16(19)20)1-2-8(7)15-4-9(17)10(18)5-15/h1-3,9-10,17-18H,4-5H2. The van der Waals surface area contributed by atoms with Crippen molar-refractivity contribution in [2.75, 3.05) is 18.0 Å². The highest BCUT2D eigenvalue weighted by Crippen LogP contribution is 2.39. The topological polar surface area (TPSA) is 86.8 Å².